The first-order chi connectivity index (χ1) is 50.3. The van der Waals surface area contributed by atoms with E-state index in [1.807, 2.05) is 103 Å². The second-order valence-corrected chi connectivity index (χ2v) is 27.8. The maximum Gasteiger partial charge on any atom is 0.119 e. The summed E-state index contributed by atoms with van der Waals surface area (Å²) < 4.78 is 15.3. The molecular formula is C113H184O4. The van der Waals surface area contributed by atoms with Gasteiger partial charge in [-0.05, 0) is 203 Å². The SMILES string of the molecule is C.C.C.C.C.C.C.C.C.C.C.C.CCCOc1ccccc1.CCCc1ccccc1.CCc1ccc(C(C)(C)C)cc1.CCc1ccc(C(C)(C)O)cc1.CCc1ccc(C(C)C)cc1.CCc1ccc(C)cc1.CCc1ccc(OC)cc1.CCc1ccccc1.COc1ccc(C)cc1.Cc1ccc(C)cc1.Cc1ccccc1. The van der Waals surface area contributed by atoms with Gasteiger partial charge in [0, 0.05) is 0 Å². The summed E-state index contributed by atoms with van der Waals surface area (Å²) in [6.07, 6.45) is 10.2. The summed E-state index contributed by atoms with van der Waals surface area (Å²) in [7, 11) is 3.35. The minimum absolute atomic E-state index is 0. The molecule has 0 aliphatic heterocycles. The van der Waals surface area contributed by atoms with E-state index in [1.165, 1.54) is 90.7 Å². The van der Waals surface area contributed by atoms with Crippen LogP contribution in [0.15, 0.2) is 291 Å². The van der Waals surface area contributed by atoms with E-state index in [1.54, 1.807) is 28.1 Å². The standard InChI is InChI=1S/C12H18.C11H16O.C11H16.2C9H12O.2C9H12.C8H10O.2C8H10.C7H8.12CH4/c1-5-10-6-8-11(9-7-10)12(2,3)4;1-4-9-5-7-10(8-6-9)11(2,3)12;1-4-10-5-7-11(8-6-10)9(2)3;1-3-8-4-6-9(10-2)7-5-8;1-2-8-10-9-6-4-3-5-7-9;1-3-9-6-4-8(2)5-7-9;1-2-6-9-7-4-3-5-8-9;1-7-3-5-8(9-2)6-4-7;1-7-3-5-8(2)6-4-7;1-2-8-6-4-3-5-7-8;1-7-5-3-2-4-6-7;;;;;;;;;;;;/h6-9H,5H2,1-4H3;5-8,12H,4H2,1-3H3;5-9H,4H2,1-3H3;4-7H,3H2,1-2H3;3-7H,2,8H2,1H3;4-7H,3H2,1-2H3;3-5,7-8H,2,6H2,1H3;3-6H,1-2H3;3-6H,1-2H3;3-7H,2H2,1H3;2-6H,1H3;12*1H4. The lowest BCUT2D eigenvalue weighted by Gasteiger charge is -2.18. The van der Waals surface area contributed by atoms with Gasteiger partial charge < -0.3 is 19.3 Å². The predicted molar refractivity (Wildman–Crippen MR) is 543 cm³/mol. The molecule has 0 aliphatic rings. The molecule has 0 fully saturated rings. The fourth-order valence-corrected chi connectivity index (χ4v) is 9.44. The molecule has 0 spiro atoms. The lowest BCUT2D eigenvalue weighted by Crippen LogP contribution is -2.15. The number of rotatable bonds is 15. The molecule has 0 amide bonds. The van der Waals surface area contributed by atoms with E-state index in [4.69, 9.17) is 14.2 Å². The maximum absolute atomic E-state index is 9.65. The van der Waals surface area contributed by atoms with Gasteiger partial charge in [0.1, 0.15) is 17.2 Å². The minimum atomic E-state index is -0.716. The zero-order valence-electron chi connectivity index (χ0n) is 69.0. The normalized spacial score (nSPS) is 8.92. The topological polar surface area (TPSA) is 47.9 Å². The first-order valence-corrected chi connectivity index (χ1v) is 38.4. The van der Waals surface area contributed by atoms with Gasteiger partial charge in [-0.15, -0.1) is 0 Å². The van der Waals surface area contributed by atoms with Gasteiger partial charge in [0.25, 0.3) is 0 Å². The van der Waals surface area contributed by atoms with Gasteiger partial charge in [-0.3, -0.25) is 0 Å². The summed E-state index contributed by atoms with van der Waals surface area (Å²) in [5.74, 6) is 3.46. The molecule has 0 radical (unpaired) electrons. The van der Waals surface area contributed by atoms with E-state index in [-0.39, 0.29) is 94.5 Å². The highest BCUT2D eigenvalue weighted by molar-refractivity contribution is 5.31. The van der Waals surface area contributed by atoms with Crippen molar-refractivity contribution in [1.82, 2.24) is 0 Å². The highest BCUT2D eigenvalue weighted by atomic mass is 16.5. The molecule has 11 aromatic rings. The number of hydrogen-bond donors (Lipinski definition) is 1. The van der Waals surface area contributed by atoms with Crippen LogP contribution in [0.5, 0.6) is 17.2 Å². The third-order valence-electron chi connectivity index (χ3n) is 16.7. The van der Waals surface area contributed by atoms with Crippen LogP contribution < -0.4 is 14.2 Å². The van der Waals surface area contributed by atoms with E-state index in [2.05, 4.69) is 313 Å². The van der Waals surface area contributed by atoms with Crippen LogP contribution in [0.1, 0.15) is 295 Å². The van der Waals surface area contributed by atoms with Gasteiger partial charge in [-0.1, -0.05) is 468 Å². The Bertz CT molecular complexity index is 3590. The first-order valence-electron chi connectivity index (χ1n) is 38.4. The number of hydrogen-bond acceptors (Lipinski definition) is 4. The molecule has 1 N–H and O–H groups in total. The maximum atomic E-state index is 9.65. The van der Waals surface area contributed by atoms with Crippen molar-refractivity contribution in [2.24, 2.45) is 0 Å². The summed E-state index contributed by atoms with van der Waals surface area (Å²) >= 11 is 0. The number of benzene rings is 11. The molecule has 0 bridgehead atoms. The molecule has 117 heavy (non-hydrogen) atoms. The average molecular weight is 1610 g/mol. The Kier molecular flexibility index (Phi) is 93.8. The van der Waals surface area contributed by atoms with Gasteiger partial charge in [-0.25, -0.2) is 0 Å². The molecular weight excluding hydrogens is 1420 g/mol. The number of methoxy groups -OCH3 is 2. The van der Waals surface area contributed by atoms with Crippen molar-refractivity contribution in [3.8, 4) is 17.2 Å². The minimum Gasteiger partial charge on any atom is -0.497 e. The largest absolute Gasteiger partial charge is 0.497 e. The van der Waals surface area contributed by atoms with Gasteiger partial charge in [-0.2, -0.15) is 0 Å². The first kappa shape index (κ1) is 134. The Morgan fingerprint density at radius 1 is 0.265 bits per heavy atom. The Labute approximate surface area is 729 Å². The van der Waals surface area contributed by atoms with Crippen LogP contribution in [-0.2, 0) is 56.0 Å². The molecule has 0 heterocycles. The van der Waals surface area contributed by atoms with Gasteiger partial charge >= 0.3 is 0 Å². The number of aliphatic hydroxyl groups is 1. The fraction of sp³-hybridized carbons (Fsp3) is 0.416. The highest BCUT2D eigenvalue weighted by Gasteiger charge is 2.15. The van der Waals surface area contributed by atoms with Crippen LogP contribution >= 0.6 is 0 Å². The van der Waals surface area contributed by atoms with Crippen LogP contribution in [0.3, 0.4) is 0 Å². The Morgan fingerprint density at radius 3 is 0.761 bits per heavy atom. The summed E-state index contributed by atoms with van der Waals surface area (Å²) in [5, 5.41) is 9.65. The van der Waals surface area contributed by atoms with E-state index in [9.17, 15) is 5.11 Å². The lowest BCUT2D eigenvalue weighted by atomic mass is 9.86. The number of para-hydroxylation sites is 1. The molecule has 0 saturated heterocycles. The molecule has 11 aromatic carbocycles. The molecule has 0 unspecified atom stereocenters. The quantitative estimate of drug-likeness (QED) is 0.111. The molecule has 4 heteroatoms. The Balaban J connectivity index is -0.000000103. The smallest absolute Gasteiger partial charge is 0.119 e. The van der Waals surface area contributed by atoms with Gasteiger partial charge in [0.15, 0.2) is 0 Å². The van der Waals surface area contributed by atoms with Crippen LogP contribution in [0, 0.1) is 34.6 Å². The summed E-state index contributed by atoms with van der Waals surface area (Å²) in [4.78, 5) is 0. The van der Waals surface area contributed by atoms with Crippen molar-refractivity contribution in [2.75, 3.05) is 20.8 Å². The highest BCUT2D eigenvalue weighted by Crippen LogP contribution is 2.23. The van der Waals surface area contributed by atoms with E-state index in [0.717, 1.165) is 74.4 Å². The molecule has 0 aromatic heterocycles. The Morgan fingerprint density at radius 2 is 0.504 bits per heavy atom. The predicted octanol–water partition coefficient (Wildman–Crippen LogP) is 35.5. The van der Waals surface area contributed by atoms with E-state index in [0.29, 0.717) is 5.92 Å². The molecule has 660 valence electrons. The van der Waals surface area contributed by atoms with Gasteiger partial charge in [0.05, 0.1) is 26.4 Å². The van der Waals surface area contributed by atoms with Gasteiger partial charge in [0.2, 0.25) is 0 Å². The molecule has 4 nitrogen and oxygen atoms in total. The van der Waals surface area contributed by atoms with Crippen molar-refractivity contribution in [2.45, 2.75) is 302 Å². The monoisotopic (exact) mass is 1610 g/mol. The molecule has 0 saturated carbocycles. The fourth-order valence-electron chi connectivity index (χ4n) is 9.44. The summed E-state index contributed by atoms with van der Waals surface area (Å²) in [5.41, 5.74) is 19.7. The number of aryl methyl sites for hydroxylation is 12. The van der Waals surface area contributed by atoms with Crippen LogP contribution in [0.25, 0.3) is 0 Å². The van der Waals surface area contributed by atoms with Crippen molar-refractivity contribution < 1.29 is 19.3 Å². The average Bonchev–Trinajstić information content (AvgIpc) is 0.859. The van der Waals surface area contributed by atoms with E-state index < -0.39 is 5.60 Å². The molecule has 0 aliphatic carbocycles. The summed E-state index contributed by atoms with van der Waals surface area (Å²) in [6.45, 7) is 43.3. The zero-order valence-corrected chi connectivity index (χ0v) is 69.0. The third kappa shape index (κ3) is 67.5. The number of ether oxygens (including phenoxy) is 3. The summed E-state index contributed by atoms with van der Waals surface area (Å²) in [6, 6.07) is 100. The van der Waals surface area contributed by atoms with E-state index >= 15 is 0 Å². The molecule has 0 atom stereocenters. The molecule has 11 rings (SSSR count). The van der Waals surface area contributed by atoms with Crippen molar-refractivity contribution >= 4 is 0 Å². The van der Waals surface area contributed by atoms with Crippen molar-refractivity contribution in [3.05, 3.63) is 375 Å². The zero-order chi connectivity index (χ0) is 78.1. The third-order valence-corrected chi connectivity index (χ3v) is 16.7. The second-order valence-electron chi connectivity index (χ2n) is 27.8. The van der Waals surface area contributed by atoms with Crippen LogP contribution in [0.4, 0.5) is 0 Å². The van der Waals surface area contributed by atoms with Crippen LogP contribution in [0.2, 0.25) is 0 Å². The lowest BCUT2D eigenvalue weighted by molar-refractivity contribution is 0.0786. The van der Waals surface area contributed by atoms with Crippen LogP contribution in [-0.4, -0.2) is 25.9 Å². The van der Waals surface area contributed by atoms with Crippen molar-refractivity contribution in [3.63, 3.8) is 0 Å². The Hall–Kier alpha value is -9.22. The second kappa shape index (κ2) is 81.9. The van der Waals surface area contributed by atoms with Crippen molar-refractivity contribution in [1.29, 1.82) is 0 Å².